The van der Waals surface area contributed by atoms with Gasteiger partial charge in [0.15, 0.2) is 0 Å². The van der Waals surface area contributed by atoms with Crippen molar-refractivity contribution in [1.82, 2.24) is 0 Å². The van der Waals surface area contributed by atoms with Crippen LogP contribution < -0.4 is 10.6 Å². The number of rotatable bonds is 19. The maximum Gasteiger partial charge on any atom is 0.264 e. The second-order valence-corrected chi connectivity index (χ2v) is 14.4. The van der Waals surface area contributed by atoms with Crippen molar-refractivity contribution in [2.75, 3.05) is 38.1 Å². The molecule has 2 rings (SSSR count). The van der Waals surface area contributed by atoms with Gasteiger partial charge in [0.25, 0.3) is 10.1 Å². The summed E-state index contributed by atoms with van der Waals surface area (Å²) in [5, 5.41) is 2.59. The summed E-state index contributed by atoms with van der Waals surface area (Å²) in [6.45, 7) is 15.0. The lowest BCUT2D eigenvalue weighted by Gasteiger charge is -2.39. The van der Waals surface area contributed by atoms with Crippen molar-refractivity contribution >= 4 is 28.6 Å². The van der Waals surface area contributed by atoms with E-state index in [1.54, 1.807) is 0 Å². The van der Waals surface area contributed by atoms with E-state index in [1.807, 2.05) is 36.4 Å². The van der Waals surface area contributed by atoms with Gasteiger partial charge in [0, 0.05) is 0 Å². The summed E-state index contributed by atoms with van der Waals surface area (Å²) in [5.41, 5.74) is 0. The Balaban J connectivity index is 0.000000391. The van der Waals surface area contributed by atoms with Gasteiger partial charge in [-0.25, -0.2) is 0 Å². The number of unbranched alkanes of at least 4 members (excludes halogenated alkanes) is 5. The molecule has 0 saturated carbocycles. The molecule has 0 amide bonds. The predicted molar refractivity (Wildman–Crippen MR) is 169 cm³/mol. The Morgan fingerprint density at radius 2 is 0.974 bits per heavy atom. The molecule has 4 nitrogen and oxygen atoms in total. The quantitative estimate of drug-likeness (QED) is 0.0820. The Labute approximate surface area is 236 Å². The lowest BCUT2D eigenvalue weighted by atomic mass is 10.1. The van der Waals surface area contributed by atoms with Crippen LogP contribution in [-0.4, -0.2) is 55.5 Å². The van der Waals surface area contributed by atoms with E-state index in [1.165, 1.54) is 92.6 Å². The average Bonchev–Trinajstić information content (AvgIpc) is 2.93. The zero-order chi connectivity index (χ0) is 28.1. The Bertz CT molecular complexity index is 845. The summed E-state index contributed by atoms with van der Waals surface area (Å²) < 4.78 is 31.8. The highest BCUT2D eigenvalue weighted by Gasteiger charge is 2.24. The number of nitrogens with zero attached hydrogens (tertiary/aromatic N) is 1. The highest BCUT2D eigenvalue weighted by molar-refractivity contribution is 7.85. The molecular formula is C32H55NO3PS+. The molecule has 0 aromatic heterocycles. The smallest absolute Gasteiger partial charge is 0.264 e. The minimum Gasteiger partial charge on any atom is -0.324 e. The first-order valence-corrected chi connectivity index (χ1v) is 18.1. The number of benzene rings is 2. The van der Waals surface area contributed by atoms with Gasteiger partial charge in [0.2, 0.25) is 0 Å². The molecule has 0 bridgehead atoms. The molecule has 6 heteroatoms. The van der Waals surface area contributed by atoms with Crippen LogP contribution >= 0.6 is 7.92 Å². The molecule has 0 unspecified atom stereocenters. The summed E-state index contributed by atoms with van der Waals surface area (Å²) in [6, 6.07) is 20.6. The summed E-state index contributed by atoms with van der Waals surface area (Å²) in [6.07, 6.45) is 13.3. The number of hydrogen-bond acceptors (Lipinski definition) is 2. The van der Waals surface area contributed by atoms with Crippen molar-refractivity contribution in [2.24, 2.45) is 0 Å². The maximum absolute atomic E-state index is 10.8. The topological polar surface area (TPSA) is 54.4 Å². The van der Waals surface area contributed by atoms with Gasteiger partial charge in [-0.3, -0.25) is 4.55 Å². The van der Waals surface area contributed by atoms with Crippen LogP contribution in [0.25, 0.3) is 0 Å². The molecule has 0 aliphatic heterocycles. The van der Waals surface area contributed by atoms with E-state index >= 15 is 0 Å². The normalized spacial score (nSPS) is 11.8. The minimum absolute atomic E-state index is 0.153. The minimum atomic E-state index is -3.84. The third-order valence-corrected chi connectivity index (χ3v) is 10.5. The Hall–Kier alpha value is -1.26. The van der Waals surface area contributed by atoms with Crippen molar-refractivity contribution in [3.8, 4) is 0 Å². The predicted octanol–water partition coefficient (Wildman–Crippen LogP) is 7.79. The maximum atomic E-state index is 10.8. The molecule has 0 atom stereocenters. The van der Waals surface area contributed by atoms with Crippen LogP contribution in [0.5, 0.6) is 0 Å². The summed E-state index contributed by atoms with van der Waals surface area (Å²) in [4.78, 5) is 0. The van der Waals surface area contributed by atoms with E-state index in [2.05, 4.69) is 52.0 Å². The van der Waals surface area contributed by atoms with Crippen LogP contribution in [0.1, 0.15) is 91.9 Å². The van der Waals surface area contributed by atoms with E-state index < -0.39 is 18.0 Å². The first-order chi connectivity index (χ1) is 18.3. The van der Waals surface area contributed by atoms with Gasteiger partial charge in [-0.15, -0.1) is 0 Å². The van der Waals surface area contributed by atoms with Crippen molar-refractivity contribution < 1.29 is 17.5 Å². The Morgan fingerprint density at radius 1 is 0.605 bits per heavy atom. The summed E-state index contributed by atoms with van der Waals surface area (Å²) in [5.74, 6) is -0.153. The third kappa shape index (κ3) is 15.4. The lowest BCUT2D eigenvalue weighted by Crippen LogP contribution is -2.50. The number of quaternary nitrogens is 1. The number of hydrogen-bond donors (Lipinski definition) is 1. The third-order valence-electron chi connectivity index (χ3n) is 7.11. The molecule has 0 heterocycles. The van der Waals surface area contributed by atoms with Gasteiger partial charge in [0.1, 0.15) is 0 Å². The van der Waals surface area contributed by atoms with Gasteiger partial charge < -0.3 is 4.48 Å². The molecular weight excluding hydrogens is 509 g/mol. The molecule has 0 saturated heterocycles. The molecule has 216 valence electrons. The Morgan fingerprint density at radius 3 is 1.29 bits per heavy atom. The molecule has 2 aromatic carbocycles. The molecule has 1 N–H and O–H groups in total. The van der Waals surface area contributed by atoms with Crippen molar-refractivity contribution in [3.05, 3.63) is 60.7 Å². The first-order valence-electron chi connectivity index (χ1n) is 15.0. The Kier molecular flexibility index (Phi) is 18.9. The van der Waals surface area contributed by atoms with Crippen molar-refractivity contribution in [1.29, 1.82) is 0 Å². The largest absolute Gasteiger partial charge is 0.324 e. The van der Waals surface area contributed by atoms with Crippen LogP contribution in [-0.2, 0) is 10.1 Å². The van der Waals surface area contributed by atoms with Crippen LogP contribution in [0.2, 0.25) is 0 Å². The van der Waals surface area contributed by atoms with Crippen LogP contribution in [0.4, 0.5) is 0 Å². The van der Waals surface area contributed by atoms with Crippen LogP contribution in [0, 0.1) is 0 Å². The molecule has 0 fully saturated rings. The van der Waals surface area contributed by atoms with Gasteiger partial charge in [-0.1, -0.05) is 114 Å². The van der Waals surface area contributed by atoms with Gasteiger partial charge >= 0.3 is 0 Å². The van der Waals surface area contributed by atoms with Crippen molar-refractivity contribution in [3.63, 3.8) is 0 Å². The lowest BCUT2D eigenvalue weighted by molar-refractivity contribution is -0.929. The fraction of sp³-hybridized carbons (Fsp3) is 0.625. The van der Waals surface area contributed by atoms with Crippen LogP contribution in [0.3, 0.4) is 0 Å². The average molecular weight is 565 g/mol. The fourth-order valence-corrected chi connectivity index (χ4v) is 7.81. The van der Waals surface area contributed by atoms with Gasteiger partial charge in [0.05, 0.1) is 31.9 Å². The summed E-state index contributed by atoms with van der Waals surface area (Å²) >= 11 is 0. The molecule has 0 spiro atoms. The van der Waals surface area contributed by atoms with E-state index in [-0.39, 0.29) is 5.75 Å². The molecule has 38 heavy (non-hydrogen) atoms. The van der Waals surface area contributed by atoms with Crippen molar-refractivity contribution in [2.45, 2.75) is 91.9 Å². The van der Waals surface area contributed by atoms with Crippen LogP contribution in [0.15, 0.2) is 60.7 Å². The van der Waals surface area contributed by atoms with Gasteiger partial charge in [-0.2, -0.15) is 8.42 Å². The molecule has 0 aliphatic carbocycles. The second kappa shape index (κ2) is 20.6. The second-order valence-electron chi connectivity index (χ2n) is 10.5. The highest BCUT2D eigenvalue weighted by Crippen LogP contribution is 2.34. The fourth-order valence-electron chi connectivity index (χ4n) is 4.82. The zero-order valence-corrected chi connectivity index (χ0v) is 26.4. The molecule has 0 radical (unpaired) electrons. The summed E-state index contributed by atoms with van der Waals surface area (Å²) in [7, 11) is -4.32. The monoisotopic (exact) mass is 564 g/mol. The molecule has 0 aliphatic rings. The highest BCUT2D eigenvalue weighted by atomic mass is 32.2. The van der Waals surface area contributed by atoms with E-state index in [4.69, 9.17) is 4.55 Å². The van der Waals surface area contributed by atoms with Gasteiger partial charge in [-0.05, 0) is 63.2 Å². The SMILES string of the molecule is CCCC[N+](CCCC)(CCCC)CCCC.O=S(=O)(O)CCCCP(c1ccccc1)c1ccccc1. The van der Waals surface area contributed by atoms with E-state index in [9.17, 15) is 8.42 Å². The standard InChI is InChI=1S/C16H36N.C16H19O3PS/c1-5-9-13-17(14-10-6-2,15-11-7-3)16-12-8-4;17-21(18,19)14-8-7-13-20(15-9-3-1-4-10-15)16-11-5-2-6-12-16/h5-16H2,1-4H3;1-6,9-12H,7-8,13-14H2,(H,17,18,19)/q+1;. The van der Waals surface area contributed by atoms with E-state index in [0.717, 1.165) is 12.6 Å². The zero-order valence-electron chi connectivity index (χ0n) is 24.7. The first kappa shape index (κ1) is 34.8. The van der Waals surface area contributed by atoms with E-state index in [0.29, 0.717) is 6.42 Å². The molecule has 2 aromatic rings.